The molecule has 2 aromatic rings. The van der Waals surface area contributed by atoms with Crippen LogP contribution in [0.4, 0.5) is 5.82 Å². The fraction of sp³-hybridized carbons (Fsp3) is 0. The zero-order valence-corrected chi connectivity index (χ0v) is 5.93. The molecule has 0 bridgehead atoms. The minimum absolute atomic E-state index is 0.553. The molecule has 0 unspecified atom stereocenters. The first kappa shape index (κ1) is 5.61. The largest absolute Gasteiger partial charge is 0.384 e. The summed E-state index contributed by atoms with van der Waals surface area (Å²) in [7, 11) is 0. The maximum atomic E-state index is 5.45. The molecule has 2 rings (SSSR count). The number of anilines is 1. The predicted octanol–water partition coefficient (Wildman–Crippen LogP) is 1.27. The Hall–Kier alpha value is -1.16. The third kappa shape index (κ3) is 0.733. The average molecular weight is 151 g/mol. The molecule has 0 aliphatic rings. The molecule has 50 valence electrons. The third-order valence-electron chi connectivity index (χ3n) is 1.24. The number of nitrogen functional groups attached to an aromatic ring is 1. The maximum Gasteiger partial charge on any atom is 0.145 e. The molecule has 3 nitrogen and oxygen atoms in total. The van der Waals surface area contributed by atoms with Crippen molar-refractivity contribution in [3.05, 3.63) is 18.3 Å². The summed E-state index contributed by atoms with van der Waals surface area (Å²) >= 11 is 1.36. The molecule has 0 saturated heterocycles. The molecule has 0 aromatic carbocycles. The molecule has 2 N–H and O–H groups in total. The summed E-state index contributed by atoms with van der Waals surface area (Å²) in [5, 5.41) is 1.05. The monoisotopic (exact) mass is 151 g/mol. The van der Waals surface area contributed by atoms with Crippen LogP contribution in [0.25, 0.3) is 10.2 Å². The second-order valence-electron chi connectivity index (χ2n) is 1.96. The summed E-state index contributed by atoms with van der Waals surface area (Å²) in [5.41, 5.74) is 5.45. The number of aromatic nitrogens is 2. The number of rotatable bonds is 0. The van der Waals surface area contributed by atoms with Gasteiger partial charge < -0.3 is 5.73 Å². The van der Waals surface area contributed by atoms with E-state index in [9.17, 15) is 0 Å². The zero-order chi connectivity index (χ0) is 6.97. The highest BCUT2D eigenvalue weighted by atomic mass is 32.1. The number of nitrogens with two attached hydrogens (primary N) is 1. The van der Waals surface area contributed by atoms with Crippen molar-refractivity contribution in [3.63, 3.8) is 0 Å². The summed E-state index contributed by atoms with van der Waals surface area (Å²) in [6.07, 6.45) is 1.78. The van der Waals surface area contributed by atoms with Crippen LogP contribution in [0.15, 0.2) is 18.3 Å². The first-order chi connectivity index (χ1) is 4.86. The number of fused-ring (bicyclic) bond motifs is 1. The lowest BCUT2D eigenvalue weighted by molar-refractivity contribution is 1.45. The lowest BCUT2D eigenvalue weighted by Crippen LogP contribution is -1.86. The fourth-order valence-corrected chi connectivity index (χ4v) is 1.41. The SMILES string of the molecule is Nc1ccc2cnsc2n1. The van der Waals surface area contributed by atoms with E-state index in [4.69, 9.17) is 5.73 Å². The van der Waals surface area contributed by atoms with Gasteiger partial charge in [0.2, 0.25) is 0 Å². The highest BCUT2D eigenvalue weighted by Crippen LogP contribution is 2.15. The summed E-state index contributed by atoms with van der Waals surface area (Å²) in [5.74, 6) is 0.553. The maximum absolute atomic E-state index is 5.45. The number of nitrogens with zero attached hydrogens (tertiary/aromatic N) is 2. The summed E-state index contributed by atoms with van der Waals surface area (Å²) in [6, 6.07) is 3.69. The van der Waals surface area contributed by atoms with Gasteiger partial charge in [0.25, 0.3) is 0 Å². The zero-order valence-electron chi connectivity index (χ0n) is 5.11. The molecule has 0 amide bonds. The van der Waals surface area contributed by atoms with Crippen molar-refractivity contribution >= 4 is 27.6 Å². The molecule has 0 atom stereocenters. The van der Waals surface area contributed by atoms with E-state index in [2.05, 4.69) is 9.36 Å². The summed E-state index contributed by atoms with van der Waals surface area (Å²) in [6.45, 7) is 0. The lowest BCUT2D eigenvalue weighted by atomic mass is 10.4. The first-order valence-electron chi connectivity index (χ1n) is 2.83. The van der Waals surface area contributed by atoms with Crippen LogP contribution < -0.4 is 5.73 Å². The molecular weight excluding hydrogens is 146 g/mol. The normalized spacial score (nSPS) is 10.4. The van der Waals surface area contributed by atoms with Gasteiger partial charge in [-0.05, 0) is 23.7 Å². The summed E-state index contributed by atoms with van der Waals surface area (Å²) < 4.78 is 3.97. The Labute approximate surface area is 61.7 Å². The van der Waals surface area contributed by atoms with Crippen molar-refractivity contribution in [3.8, 4) is 0 Å². The summed E-state index contributed by atoms with van der Waals surface area (Å²) in [4.78, 5) is 4.97. The Kier molecular flexibility index (Phi) is 1.07. The fourth-order valence-electron chi connectivity index (χ4n) is 0.770. The van der Waals surface area contributed by atoms with Gasteiger partial charge in [-0.25, -0.2) is 4.98 Å². The van der Waals surface area contributed by atoms with Gasteiger partial charge in [-0.15, -0.1) is 0 Å². The van der Waals surface area contributed by atoms with Gasteiger partial charge in [0.15, 0.2) is 0 Å². The van der Waals surface area contributed by atoms with E-state index in [-0.39, 0.29) is 0 Å². The van der Waals surface area contributed by atoms with E-state index in [1.807, 2.05) is 6.07 Å². The van der Waals surface area contributed by atoms with Gasteiger partial charge in [0.05, 0.1) is 6.20 Å². The lowest BCUT2D eigenvalue weighted by Gasteiger charge is -1.88. The van der Waals surface area contributed by atoms with E-state index in [0.717, 1.165) is 10.2 Å². The number of hydrogen-bond donors (Lipinski definition) is 1. The second kappa shape index (κ2) is 1.91. The van der Waals surface area contributed by atoms with Crippen LogP contribution in [-0.4, -0.2) is 9.36 Å². The van der Waals surface area contributed by atoms with Crippen LogP contribution in [0.1, 0.15) is 0 Å². The number of pyridine rings is 1. The molecule has 0 aliphatic heterocycles. The van der Waals surface area contributed by atoms with E-state index < -0.39 is 0 Å². The van der Waals surface area contributed by atoms with Gasteiger partial charge in [0, 0.05) is 5.39 Å². The number of hydrogen-bond acceptors (Lipinski definition) is 4. The van der Waals surface area contributed by atoms with E-state index in [1.54, 1.807) is 12.3 Å². The Bertz CT molecular complexity index is 355. The molecule has 0 aliphatic carbocycles. The molecule has 2 aromatic heterocycles. The quantitative estimate of drug-likeness (QED) is 0.617. The molecule has 2 heterocycles. The highest BCUT2D eigenvalue weighted by Gasteiger charge is 1.95. The highest BCUT2D eigenvalue weighted by molar-refractivity contribution is 7.12. The van der Waals surface area contributed by atoms with Gasteiger partial charge >= 0.3 is 0 Å². The Balaban J connectivity index is 2.86. The van der Waals surface area contributed by atoms with Gasteiger partial charge in [0.1, 0.15) is 10.6 Å². The van der Waals surface area contributed by atoms with E-state index in [0.29, 0.717) is 5.82 Å². The van der Waals surface area contributed by atoms with Crippen LogP contribution in [0.3, 0.4) is 0 Å². The molecule has 0 spiro atoms. The van der Waals surface area contributed by atoms with E-state index in [1.165, 1.54) is 11.5 Å². The Morgan fingerprint density at radius 3 is 3.20 bits per heavy atom. The van der Waals surface area contributed by atoms with Crippen molar-refractivity contribution < 1.29 is 0 Å². The predicted molar refractivity (Wildman–Crippen MR) is 41.8 cm³/mol. The average Bonchev–Trinajstić information content (AvgIpc) is 2.33. The minimum atomic E-state index is 0.553. The molecule has 0 fully saturated rings. The molecular formula is C6H5N3S. The van der Waals surface area contributed by atoms with Crippen LogP contribution in [0, 0.1) is 0 Å². The smallest absolute Gasteiger partial charge is 0.145 e. The molecule has 4 heteroatoms. The molecule has 0 saturated carbocycles. The van der Waals surface area contributed by atoms with Crippen molar-refractivity contribution in [1.29, 1.82) is 0 Å². The van der Waals surface area contributed by atoms with Crippen molar-refractivity contribution in [1.82, 2.24) is 9.36 Å². The van der Waals surface area contributed by atoms with E-state index >= 15 is 0 Å². The first-order valence-corrected chi connectivity index (χ1v) is 3.60. The molecule has 0 radical (unpaired) electrons. The van der Waals surface area contributed by atoms with Crippen LogP contribution in [0.5, 0.6) is 0 Å². The van der Waals surface area contributed by atoms with Crippen molar-refractivity contribution in [2.24, 2.45) is 0 Å². The van der Waals surface area contributed by atoms with Crippen molar-refractivity contribution in [2.45, 2.75) is 0 Å². The second-order valence-corrected chi connectivity index (χ2v) is 2.74. The molecule has 10 heavy (non-hydrogen) atoms. The van der Waals surface area contributed by atoms with Gasteiger partial charge in [-0.3, -0.25) is 0 Å². The van der Waals surface area contributed by atoms with Crippen LogP contribution in [0.2, 0.25) is 0 Å². The van der Waals surface area contributed by atoms with Gasteiger partial charge in [-0.1, -0.05) is 0 Å². The van der Waals surface area contributed by atoms with Crippen LogP contribution in [-0.2, 0) is 0 Å². The minimum Gasteiger partial charge on any atom is -0.384 e. The third-order valence-corrected chi connectivity index (χ3v) is 1.95. The van der Waals surface area contributed by atoms with Crippen LogP contribution >= 0.6 is 11.5 Å². The Morgan fingerprint density at radius 2 is 2.30 bits per heavy atom. The standard InChI is InChI=1S/C6H5N3S/c7-5-2-1-4-3-8-10-6(4)9-5/h1-3H,(H2,7,9). The Morgan fingerprint density at radius 1 is 1.40 bits per heavy atom. The topological polar surface area (TPSA) is 51.8 Å². The van der Waals surface area contributed by atoms with Crippen molar-refractivity contribution in [2.75, 3.05) is 5.73 Å². The van der Waals surface area contributed by atoms with Gasteiger partial charge in [-0.2, -0.15) is 4.37 Å².